The number of alkyl halides is 3. The molecule has 2 aromatic heterocycles. The number of carbonyl (C=O) groups is 2. The summed E-state index contributed by atoms with van der Waals surface area (Å²) in [5.74, 6) is -3.16. The topological polar surface area (TPSA) is 141 Å². The van der Waals surface area contributed by atoms with Gasteiger partial charge in [-0.25, -0.2) is 9.37 Å². The van der Waals surface area contributed by atoms with E-state index in [0.29, 0.717) is 5.56 Å². The monoisotopic (exact) mass is 538 g/mol. The van der Waals surface area contributed by atoms with Gasteiger partial charge in [-0.2, -0.15) is 23.5 Å². The summed E-state index contributed by atoms with van der Waals surface area (Å²) in [4.78, 5) is 29.0. The molecule has 0 fully saturated rings. The molecule has 200 valence electrons. The van der Waals surface area contributed by atoms with Crippen LogP contribution in [-0.2, 0) is 18.1 Å². The van der Waals surface area contributed by atoms with E-state index in [1.54, 1.807) is 38.1 Å². The highest BCUT2D eigenvalue weighted by molar-refractivity contribution is 6.15. The lowest BCUT2D eigenvalue weighted by Gasteiger charge is -2.16. The minimum atomic E-state index is -5.01. The minimum absolute atomic E-state index is 0.0444. The molecule has 0 aliphatic heterocycles. The first kappa shape index (κ1) is 27.3. The summed E-state index contributed by atoms with van der Waals surface area (Å²) in [5.41, 5.74) is 7.71. The van der Waals surface area contributed by atoms with E-state index in [1.165, 1.54) is 6.92 Å². The van der Waals surface area contributed by atoms with Crippen molar-refractivity contribution in [2.45, 2.75) is 38.9 Å². The third-order valence-corrected chi connectivity index (χ3v) is 6.44. The molecule has 0 aliphatic carbocycles. The van der Waals surface area contributed by atoms with Gasteiger partial charge in [0.1, 0.15) is 11.5 Å². The van der Waals surface area contributed by atoms with E-state index in [9.17, 15) is 32.4 Å². The van der Waals surface area contributed by atoms with Gasteiger partial charge in [0, 0.05) is 28.3 Å². The normalized spacial score (nSPS) is 11.9. The fourth-order valence-electron chi connectivity index (χ4n) is 4.38. The van der Waals surface area contributed by atoms with Crippen LogP contribution in [0.1, 0.15) is 57.2 Å². The summed E-state index contributed by atoms with van der Waals surface area (Å²) >= 11 is 0. The molecule has 2 amide bonds. The fourth-order valence-corrected chi connectivity index (χ4v) is 4.38. The van der Waals surface area contributed by atoms with E-state index in [-0.39, 0.29) is 23.1 Å². The highest BCUT2D eigenvalue weighted by atomic mass is 19.4. The van der Waals surface area contributed by atoms with Crippen molar-refractivity contribution in [3.63, 3.8) is 0 Å². The molecule has 0 spiro atoms. The van der Waals surface area contributed by atoms with Crippen molar-refractivity contribution in [1.82, 2.24) is 14.8 Å². The van der Waals surface area contributed by atoms with Crippen LogP contribution in [0.25, 0.3) is 22.0 Å². The van der Waals surface area contributed by atoms with E-state index < -0.39 is 57.3 Å². The molecule has 2 aromatic carbocycles. The summed E-state index contributed by atoms with van der Waals surface area (Å²) in [5, 5.41) is 13.1. The van der Waals surface area contributed by atoms with E-state index >= 15 is 0 Å². The number of hydrogen-bond acceptors (Lipinski definition) is 5. The molecule has 0 saturated carbocycles. The largest absolute Gasteiger partial charge is 0.435 e. The van der Waals surface area contributed by atoms with E-state index in [4.69, 9.17) is 11.5 Å². The number of nitriles is 1. The van der Waals surface area contributed by atoms with Crippen LogP contribution < -0.4 is 11.5 Å². The third-order valence-electron chi connectivity index (χ3n) is 6.44. The highest BCUT2D eigenvalue weighted by Crippen LogP contribution is 2.42. The molecule has 12 heteroatoms. The molecular weight excluding hydrogens is 516 g/mol. The van der Waals surface area contributed by atoms with Crippen LogP contribution in [-0.4, -0.2) is 26.6 Å². The Hall–Kier alpha value is -4.79. The molecule has 39 heavy (non-hydrogen) atoms. The number of nitrogens with two attached hydrogens (primary N) is 2. The summed E-state index contributed by atoms with van der Waals surface area (Å²) < 4.78 is 57.9. The van der Waals surface area contributed by atoms with Gasteiger partial charge in [0.15, 0.2) is 5.69 Å². The number of hydrogen-bond donors (Lipinski definition) is 2. The number of carbonyl (C=O) groups excluding carboxylic acids is 2. The molecule has 0 saturated heterocycles. The number of amides is 2. The third kappa shape index (κ3) is 4.90. The van der Waals surface area contributed by atoms with Gasteiger partial charge in [0.25, 0.3) is 5.91 Å². The quantitative estimate of drug-likeness (QED) is 0.345. The summed E-state index contributed by atoms with van der Waals surface area (Å²) in [7, 11) is 0. The van der Waals surface area contributed by atoms with Crippen molar-refractivity contribution in [2.75, 3.05) is 0 Å². The average Bonchev–Trinajstić information content (AvgIpc) is 3.18. The molecule has 4 rings (SSSR count). The van der Waals surface area contributed by atoms with E-state index in [0.717, 1.165) is 28.4 Å². The van der Waals surface area contributed by atoms with Crippen LogP contribution in [0.5, 0.6) is 0 Å². The number of fused-ring (bicyclic) bond motifs is 1. The van der Waals surface area contributed by atoms with Crippen molar-refractivity contribution in [1.29, 1.82) is 5.26 Å². The Labute approximate surface area is 219 Å². The Morgan fingerprint density at radius 2 is 1.67 bits per heavy atom. The van der Waals surface area contributed by atoms with Crippen LogP contribution in [0.4, 0.5) is 17.6 Å². The number of benzene rings is 2. The Kier molecular flexibility index (Phi) is 6.64. The molecule has 8 nitrogen and oxygen atoms in total. The molecule has 0 aliphatic rings. The molecule has 0 atom stereocenters. The maximum atomic E-state index is 14.3. The number of primary amides is 2. The Bertz CT molecular complexity index is 1680. The minimum Gasteiger partial charge on any atom is -0.366 e. The van der Waals surface area contributed by atoms with E-state index in [2.05, 4.69) is 16.2 Å². The van der Waals surface area contributed by atoms with Crippen LogP contribution >= 0.6 is 0 Å². The first-order valence-corrected chi connectivity index (χ1v) is 11.5. The van der Waals surface area contributed by atoms with Crippen molar-refractivity contribution >= 4 is 22.7 Å². The molecule has 4 N–H and O–H groups in total. The fraction of sp³-hybridized carbons (Fsp3) is 0.222. The molecule has 0 radical (unpaired) electrons. The predicted molar refractivity (Wildman–Crippen MR) is 134 cm³/mol. The van der Waals surface area contributed by atoms with Crippen LogP contribution in [0.3, 0.4) is 0 Å². The Morgan fingerprint density at radius 1 is 1.03 bits per heavy atom. The zero-order valence-electron chi connectivity index (χ0n) is 21.0. The SMILES string of the molecule is Cc1c(-c2c(C(N)=O)nc3cc(F)ccc3c2C(N)=O)c(C(F)(F)F)nn1Cc1ccc(C(C)(C)C#N)cc1. The van der Waals surface area contributed by atoms with Gasteiger partial charge >= 0.3 is 6.18 Å². The van der Waals surface area contributed by atoms with Gasteiger partial charge in [-0.15, -0.1) is 0 Å². The van der Waals surface area contributed by atoms with Gasteiger partial charge in [-0.3, -0.25) is 14.3 Å². The Morgan fingerprint density at radius 3 is 2.21 bits per heavy atom. The van der Waals surface area contributed by atoms with Crippen LogP contribution in [0, 0.1) is 24.1 Å². The molecule has 2 heterocycles. The number of aromatic nitrogens is 3. The lowest BCUT2D eigenvalue weighted by atomic mass is 9.86. The summed E-state index contributed by atoms with van der Waals surface area (Å²) in [6.45, 7) is 4.71. The molecular formula is C27H22F4N6O2. The van der Waals surface area contributed by atoms with Crippen molar-refractivity contribution in [3.05, 3.63) is 82.1 Å². The predicted octanol–water partition coefficient (Wildman–Crippen LogP) is 4.61. The lowest BCUT2D eigenvalue weighted by Crippen LogP contribution is -2.21. The number of halogens is 4. The van der Waals surface area contributed by atoms with Gasteiger partial charge < -0.3 is 11.5 Å². The molecule has 0 unspecified atom stereocenters. The van der Waals surface area contributed by atoms with Gasteiger partial charge in [-0.1, -0.05) is 24.3 Å². The lowest BCUT2D eigenvalue weighted by molar-refractivity contribution is -0.141. The van der Waals surface area contributed by atoms with Gasteiger partial charge in [0.2, 0.25) is 5.91 Å². The summed E-state index contributed by atoms with van der Waals surface area (Å²) in [6.07, 6.45) is -5.01. The van der Waals surface area contributed by atoms with Gasteiger partial charge in [-0.05, 0) is 44.0 Å². The first-order chi connectivity index (χ1) is 18.2. The summed E-state index contributed by atoms with van der Waals surface area (Å²) in [6, 6.07) is 12.0. The van der Waals surface area contributed by atoms with Crippen molar-refractivity contribution < 1.29 is 27.2 Å². The molecule has 0 bridgehead atoms. The maximum Gasteiger partial charge on any atom is 0.435 e. The maximum absolute atomic E-state index is 14.3. The first-order valence-electron chi connectivity index (χ1n) is 11.5. The number of rotatable bonds is 6. The second-order valence-electron chi connectivity index (χ2n) is 9.50. The average molecular weight is 539 g/mol. The smallest absolute Gasteiger partial charge is 0.366 e. The highest BCUT2D eigenvalue weighted by Gasteiger charge is 2.41. The standard InChI is InChI=1S/C27H22F4N6O2/c1-13-19(21-20(24(33)38)17-9-8-16(28)10-18(17)35-22(21)25(34)39)23(27(29,30)31)36-37(13)11-14-4-6-15(7-5-14)26(2,3)12-32/h4-10H,11H2,1-3H3,(H2,33,38)(H2,34,39). The van der Waals surface area contributed by atoms with E-state index in [1.807, 2.05) is 0 Å². The number of nitrogens with zero attached hydrogens (tertiary/aromatic N) is 4. The zero-order valence-corrected chi connectivity index (χ0v) is 21.0. The Balaban J connectivity index is 1.99. The number of pyridine rings is 1. The van der Waals surface area contributed by atoms with Crippen molar-refractivity contribution in [2.24, 2.45) is 11.5 Å². The zero-order chi connectivity index (χ0) is 28.9. The second-order valence-corrected chi connectivity index (χ2v) is 9.50. The van der Waals surface area contributed by atoms with Gasteiger partial charge in [0.05, 0.1) is 29.1 Å². The van der Waals surface area contributed by atoms with Crippen LogP contribution in [0.15, 0.2) is 42.5 Å². The second kappa shape index (κ2) is 9.50. The van der Waals surface area contributed by atoms with Crippen molar-refractivity contribution in [3.8, 4) is 17.2 Å². The van der Waals surface area contributed by atoms with Crippen LogP contribution in [0.2, 0.25) is 0 Å². The molecule has 4 aromatic rings.